The molecule has 0 heterocycles. The average Bonchev–Trinajstić information content (AvgIpc) is 2.87. The Labute approximate surface area is 160 Å². The van der Waals surface area contributed by atoms with Crippen LogP contribution < -0.4 is 4.74 Å². The zero-order valence-electron chi connectivity index (χ0n) is 15.9. The lowest BCUT2D eigenvalue weighted by atomic mass is 9.67. The zero-order chi connectivity index (χ0) is 19.3. The molecule has 0 aromatic heterocycles. The minimum Gasteiger partial charge on any atom is -0.494 e. The Bertz CT molecular complexity index is 745. The molecule has 2 unspecified atom stereocenters. The van der Waals surface area contributed by atoms with Crippen molar-refractivity contribution >= 4 is 0 Å². The molecule has 146 valence electrons. The van der Waals surface area contributed by atoms with E-state index >= 15 is 0 Å². The van der Waals surface area contributed by atoms with E-state index in [9.17, 15) is 13.9 Å². The number of aliphatic hydroxyl groups excluding tert-OH is 1. The SMILES string of the molecule is CCCCOc1ccc(C2(c3cccc(F)c3F)CCCCCC2O)cc1. The van der Waals surface area contributed by atoms with Gasteiger partial charge in [-0.05, 0) is 43.0 Å². The summed E-state index contributed by atoms with van der Waals surface area (Å²) in [6, 6.07) is 11.8. The fourth-order valence-electron chi connectivity index (χ4n) is 4.17. The number of aliphatic hydroxyl groups is 1. The predicted molar refractivity (Wildman–Crippen MR) is 103 cm³/mol. The topological polar surface area (TPSA) is 29.5 Å². The standard InChI is InChI=1S/C23H28F2O2/c1-2-3-16-27-18-13-11-17(12-14-18)23(15-6-4-5-10-21(23)26)19-8-7-9-20(24)22(19)25/h7-9,11-14,21,26H,2-6,10,15-16H2,1H3. The van der Waals surface area contributed by atoms with Gasteiger partial charge in [0.2, 0.25) is 0 Å². The molecule has 2 nitrogen and oxygen atoms in total. The molecular formula is C23H28F2O2. The van der Waals surface area contributed by atoms with Crippen LogP contribution >= 0.6 is 0 Å². The van der Waals surface area contributed by atoms with Crippen LogP contribution in [-0.2, 0) is 5.41 Å². The molecule has 0 radical (unpaired) electrons. The third-order valence-corrected chi connectivity index (χ3v) is 5.69. The van der Waals surface area contributed by atoms with E-state index in [0.29, 0.717) is 19.4 Å². The molecule has 0 spiro atoms. The van der Waals surface area contributed by atoms with Crippen molar-refractivity contribution in [2.45, 2.75) is 63.4 Å². The average molecular weight is 374 g/mol. The van der Waals surface area contributed by atoms with E-state index in [1.54, 1.807) is 6.07 Å². The Balaban J connectivity index is 2.04. The molecule has 1 aliphatic rings. The highest BCUT2D eigenvalue weighted by atomic mass is 19.2. The number of halogens is 2. The summed E-state index contributed by atoms with van der Waals surface area (Å²) in [4.78, 5) is 0. The van der Waals surface area contributed by atoms with Crippen molar-refractivity contribution in [3.63, 3.8) is 0 Å². The van der Waals surface area contributed by atoms with Gasteiger partial charge in [-0.25, -0.2) is 8.78 Å². The van der Waals surface area contributed by atoms with Crippen molar-refractivity contribution in [2.24, 2.45) is 0 Å². The summed E-state index contributed by atoms with van der Waals surface area (Å²) in [6.07, 6.45) is 5.18. The lowest BCUT2D eigenvalue weighted by Gasteiger charge is -2.38. The highest BCUT2D eigenvalue weighted by Gasteiger charge is 2.44. The van der Waals surface area contributed by atoms with Crippen LogP contribution in [0.25, 0.3) is 0 Å². The number of hydrogen-bond acceptors (Lipinski definition) is 2. The lowest BCUT2D eigenvalue weighted by molar-refractivity contribution is 0.0922. The molecule has 2 aromatic rings. The Hall–Kier alpha value is -1.94. The highest BCUT2D eigenvalue weighted by Crippen LogP contribution is 2.45. The van der Waals surface area contributed by atoms with Crippen LogP contribution in [0.1, 0.15) is 63.0 Å². The van der Waals surface area contributed by atoms with E-state index in [1.807, 2.05) is 24.3 Å². The first kappa shape index (κ1) is 19.8. The molecule has 2 aromatic carbocycles. The molecule has 3 rings (SSSR count). The summed E-state index contributed by atoms with van der Waals surface area (Å²) in [5.74, 6) is -0.977. The number of benzene rings is 2. The van der Waals surface area contributed by atoms with Gasteiger partial charge in [0.15, 0.2) is 11.6 Å². The molecule has 1 aliphatic carbocycles. The second-order valence-electron chi connectivity index (χ2n) is 7.41. The maximum Gasteiger partial charge on any atom is 0.163 e. The third-order valence-electron chi connectivity index (χ3n) is 5.69. The van der Waals surface area contributed by atoms with Gasteiger partial charge in [-0.1, -0.05) is 56.9 Å². The van der Waals surface area contributed by atoms with Gasteiger partial charge in [0.25, 0.3) is 0 Å². The van der Waals surface area contributed by atoms with E-state index in [-0.39, 0.29) is 5.56 Å². The van der Waals surface area contributed by atoms with Gasteiger partial charge in [0.05, 0.1) is 12.7 Å². The minimum absolute atomic E-state index is 0.247. The molecule has 4 heteroatoms. The van der Waals surface area contributed by atoms with Crippen LogP contribution in [0.5, 0.6) is 5.75 Å². The lowest BCUT2D eigenvalue weighted by Crippen LogP contribution is -2.41. The van der Waals surface area contributed by atoms with Crippen LogP contribution in [0.15, 0.2) is 42.5 Å². The highest BCUT2D eigenvalue weighted by molar-refractivity contribution is 5.44. The Morgan fingerprint density at radius 3 is 2.59 bits per heavy atom. The van der Waals surface area contributed by atoms with E-state index in [2.05, 4.69) is 6.92 Å². The van der Waals surface area contributed by atoms with Crippen LogP contribution in [0.3, 0.4) is 0 Å². The summed E-state index contributed by atoms with van der Waals surface area (Å²) in [6.45, 7) is 2.76. The maximum atomic E-state index is 14.8. The second-order valence-corrected chi connectivity index (χ2v) is 7.41. The van der Waals surface area contributed by atoms with E-state index in [4.69, 9.17) is 4.74 Å². The van der Waals surface area contributed by atoms with E-state index in [0.717, 1.165) is 49.5 Å². The summed E-state index contributed by atoms with van der Waals surface area (Å²) >= 11 is 0. The van der Waals surface area contributed by atoms with Crippen LogP contribution in [0, 0.1) is 11.6 Å². The third kappa shape index (κ3) is 4.01. The number of ether oxygens (including phenoxy) is 1. The molecule has 0 aliphatic heterocycles. The summed E-state index contributed by atoms with van der Waals surface area (Å²) in [5, 5.41) is 11.0. The smallest absolute Gasteiger partial charge is 0.163 e. The van der Waals surface area contributed by atoms with E-state index in [1.165, 1.54) is 6.07 Å². The van der Waals surface area contributed by atoms with Crippen molar-refractivity contribution in [1.29, 1.82) is 0 Å². The van der Waals surface area contributed by atoms with Crippen LogP contribution in [0.2, 0.25) is 0 Å². The summed E-state index contributed by atoms with van der Waals surface area (Å²) in [5.41, 5.74) is 0.116. The van der Waals surface area contributed by atoms with Gasteiger partial charge >= 0.3 is 0 Å². The van der Waals surface area contributed by atoms with Gasteiger partial charge < -0.3 is 9.84 Å². The first-order valence-electron chi connectivity index (χ1n) is 9.95. The molecule has 0 amide bonds. The van der Waals surface area contributed by atoms with Crippen LogP contribution in [0.4, 0.5) is 8.78 Å². The largest absolute Gasteiger partial charge is 0.494 e. The molecule has 2 atom stereocenters. The molecule has 0 bridgehead atoms. The molecule has 1 fully saturated rings. The number of hydrogen-bond donors (Lipinski definition) is 1. The fourth-order valence-corrected chi connectivity index (χ4v) is 4.17. The van der Waals surface area contributed by atoms with Crippen molar-refractivity contribution < 1.29 is 18.6 Å². The van der Waals surface area contributed by atoms with E-state index < -0.39 is 23.2 Å². The van der Waals surface area contributed by atoms with Gasteiger partial charge in [-0.3, -0.25) is 0 Å². The first-order chi connectivity index (χ1) is 13.1. The molecule has 0 saturated heterocycles. The zero-order valence-corrected chi connectivity index (χ0v) is 15.9. The van der Waals surface area contributed by atoms with Crippen LogP contribution in [-0.4, -0.2) is 17.8 Å². The fraction of sp³-hybridized carbons (Fsp3) is 0.478. The normalized spacial score (nSPS) is 23.0. The predicted octanol–water partition coefficient (Wildman–Crippen LogP) is 5.75. The molecule has 27 heavy (non-hydrogen) atoms. The Morgan fingerprint density at radius 1 is 1.07 bits per heavy atom. The summed E-state index contributed by atoms with van der Waals surface area (Å²) < 4.78 is 34.5. The van der Waals surface area contributed by atoms with Crippen molar-refractivity contribution in [1.82, 2.24) is 0 Å². The van der Waals surface area contributed by atoms with Crippen molar-refractivity contribution in [2.75, 3.05) is 6.61 Å². The van der Waals surface area contributed by atoms with Gasteiger partial charge in [0.1, 0.15) is 5.75 Å². The first-order valence-corrected chi connectivity index (χ1v) is 9.95. The van der Waals surface area contributed by atoms with Crippen molar-refractivity contribution in [3.05, 3.63) is 65.2 Å². The molecule has 1 N–H and O–H groups in total. The molecule has 1 saturated carbocycles. The van der Waals surface area contributed by atoms with Crippen molar-refractivity contribution in [3.8, 4) is 5.75 Å². The maximum absolute atomic E-state index is 14.8. The Morgan fingerprint density at radius 2 is 1.85 bits per heavy atom. The van der Waals surface area contributed by atoms with Gasteiger partial charge in [0, 0.05) is 11.0 Å². The van der Waals surface area contributed by atoms with Gasteiger partial charge in [-0.2, -0.15) is 0 Å². The monoisotopic (exact) mass is 374 g/mol. The second kappa shape index (κ2) is 8.83. The number of rotatable bonds is 6. The van der Waals surface area contributed by atoms with Gasteiger partial charge in [-0.15, -0.1) is 0 Å². The Kier molecular flexibility index (Phi) is 6.48. The number of unbranched alkanes of at least 4 members (excludes halogenated alkanes) is 1. The molecular weight excluding hydrogens is 346 g/mol. The quantitative estimate of drug-likeness (QED) is 0.515. The minimum atomic E-state index is -0.940. The summed E-state index contributed by atoms with van der Waals surface area (Å²) in [7, 11) is 0.